The Morgan fingerprint density at radius 1 is 1.11 bits per heavy atom. The molecule has 0 heterocycles. The largest absolute Gasteiger partial charge is 0.481 e. The van der Waals surface area contributed by atoms with Crippen LogP contribution in [0.4, 0.5) is 4.39 Å². The molecule has 0 bridgehead atoms. The third kappa shape index (κ3) is 5.81. The minimum Gasteiger partial charge on any atom is -0.481 e. The second-order valence-electron chi connectivity index (χ2n) is 6.54. The molecule has 6 heteroatoms. The number of hydrogen-bond donors (Lipinski definition) is 1. The van der Waals surface area contributed by atoms with E-state index in [2.05, 4.69) is 5.32 Å². The summed E-state index contributed by atoms with van der Waals surface area (Å²) in [7, 11) is 0. The fourth-order valence-electron chi connectivity index (χ4n) is 2.89. The van der Waals surface area contributed by atoms with Gasteiger partial charge in [0, 0.05) is 13.1 Å². The molecule has 0 saturated carbocycles. The van der Waals surface area contributed by atoms with Gasteiger partial charge >= 0.3 is 0 Å². The van der Waals surface area contributed by atoms with Crippen molar-refractivity contribution in [3.05, 3.63) is 65.5 Å². The van der Waals surface area contributed by atoms with E-state index in [1.54, 1.807) is 12.1 Å². The monoisotopic (exact) mass is 386 g/mol. The molecule has 0 aliphatic rings. The number of hydrogen-bond acceptors (Lipinski definition) is 3. The van der Waals surface area contributed by atoms with Crippen LogP contribution in [-0.4, -0.2) is 35.9 Å². The van der Waals surface area contributed by atoms with Gasteiger partial charge in [-0.3, -0.25) is 9.59 Å². The molecule has 0 aliphatic heterocycles. The number of rotatable bonds is 9. The topological polar surface area (TPSA) is 58.6 Å². The number of ether oxygens (including phenoxy) is 1. The lowest BCUT2D eigenvalue weighted by molar-refractivity contribution is -0.143. The van der Waals surface area contributed by atoms with Crippen molar-refractivity contribution in [1.29, 1.82) is 0 Å². The van der Waals surface area contributed by atoms with E-state index in [0.717, 1.165) is 11.1 Å². The van der Waals surface area contributed by atoms with Gasteiger partial charge in [-0.25, -0.2) is 4.39 Å². The lowest BCUT2D eigenvalue weighted by Gasteiger charge is -2.30. The highest BCUT2D eigenvalue weighted by Gasteiger charge is 2.28. The van der Waals surface area contributed by atoms with Crippen molar-refractivity contribution < 1.29 is 18.7 Å². The van der Waals surface area contributed by atoms with Crippen LogP contribution < -0.4 is 10.1 Å². The van der Waals surface area contributed by atoms with Gasteiger partial charge < -0.3 is 15.0 Å². The summed E-state index contributed by atoms with van der Waals surface area (Å²) in [4.78, 5) is 26.9. The van der Waals surface area contributed by atoms with Crippen LogP contribution in [-0.2, 0) is 16.1 Å². The van der Waals surface area contributed by atoms with Crippen LogP contribution in [0.3, 0.4) is 0 Å². The number of aryl methyl sites for hydroxylation is 1. The van der Waals surface area contributed by atoms with E-state index < -0.39 is 11.9 Å². The highest BCUT2D eigenvalue weighted by atomic mass is 19.1. The normalized spacial score (nSPS) is 11.6. The molecule has 0 fully saturated rings. The second-order valence-corrected chi connectivity index (χ2v) is 6.54. The summed E-state index contributed by atoms with van der Waals surface area (Å²) in [6.07, 6.45) is 0.461. The molecule has 28 heavy (non-hydrogen) atoms. The smallest absolute Gasteiger partial charge is 0.261 e. The molecule has 0 spiro atoms. The van der Waals surface area contributed by atoms with Crippen molar-refractivity contribution in [2.75, 3.05) is 13.2 Å². The molecule has 0 aliphatic carbocycles. The number of likely N-dealkylation sites (N-methyl/N-ethyl adjacent to an activating group) is 1. The zero-order valence-corrected chi connectivity index (χ0v) is 16.6. The minimum atomic E-state index is -0.627. The summed E-state index contributed by atoms with van der Waals surface area (Å²) < 4.78 is 19.1. The molecular weight excluding hydrogens is 359 g/mol. The fraction of sp³-hybridized carbons (Fsp3) is 0.364. The van der Waals surface area contributed by atoms with Crippen molar-refractivity contribution in [1.82, 2.24) is 10.2 Å². The second kappa shape index (κ2) is 10.4. The Bertz CT molecular complexity index is 793. The number of carbonyl (C=O) groups excluding carboxylic acids is 2. The van der Waals surface area contributed by atoms with Gasteiger partial charge in [0.25, 0.3) is 5.91 Å². The maximum atomic E-state index is 13.8. The predicted octanol–water partition coefficient (Wildman–Crippen LogP) is 3.46. The lowest BCUT2D eigenvalue weighted by atomic mass is 10.1. The molecule has 2 aromatic rings. The zero-order chi connectivity index (χ0) is 20.5. The van der Waals surface area contributed by atoms with Crippen LogP contribution in [0.2, 0.25) is 0 Å². The minimum absolute atomic E-state index is 0.0113. The highest BCUT2D eigenvalue weighted by molar-refractivity contribution is 5.88. The van der Waals surface area contributed by atoms with Crippen LogP contribution in [0.1, 0.15) is 31.4 Å². The maximum Gasteiger partial charge on any atom is 0.261 e. The van der Waals surface area contributed by atoms with E-state index in [4.69, 9.17) is 4.74 Å². The molecule has 150 valence electrons. The summed E-state index contributed by atoms with van der Waals surface area (Å²) in [5.41, 5.74) is 2.02. The molecule has 2 rings (SSSR count). The van der Waals surface area contributed by atoms with Crippen molar-refractivity contribution in [3.63, 3.8) is 0 Å². The van der Waals surface area contributed by atoms with Gasteiger partial charge in [0.15, 0.2) is 18.2 Å². The number of amides is 2. The molecule has 2 amide bonds. The fourth-order valence-corrected chi connectivity index (χ4v) is 2.89. The number of halogens is 1. The van der Waals surface area contributed by atoms with Crippen molar-refractivity contribution >= 4 is 11.8 Å². The van der Waals surface area contributed by atoms with Crippen molar-refractivity contribution in [3.8, 4) is 5.75 Å². The van der Waals surface area contributed by atoms with Crippen LogP contribution >= 0.6 is 0 Å². The van der Waals surface area contributed by atoms with E-state index in [0.29, 0.717) is 13.0 Å². The molecule has 5 nitrogen and oxygen atoms in total. The lowest BCUT2D eigenvalue weighted by Crippen LogP contribution is -2.50. The van der Waals surface area contributed by atoms with Crippen LogP contribution in [0.5, 0.6) is 5.75 Å². The predicted molar refractivity (Wildman–Crippen MR) is 106 cm³/mol. The quantitative estimate of drug-likeness (QED) is 0.718. The van der Waals surface area contributed by atoms with Crippen LogP contribution in [0, 0.1) is 12.7 Å². The number of nitrogens with zero attached hydrogens (tertiary/aromatic N) is 1. The number of nitrogens with one attached hydrogen (secondary N) is 1. The average Bonchev–Trinajstić information content (AvgIpc) is 2.68. The van der Waals surface area contributed by atoms with Gasteiger partial charge in [0.1, 0.15) is 6.04 Å². The molecule has 1 atom stereocenters. The standard InChI is InChI=1S/C22H27FN2O3/c1-4-19(22(27)24-5-2)25(14-17-12-10-16(3)11-13-17)21(26)15-28-20-9-7-6-8-18(20)23/h6-13,19H,4-5,14-15H2,1-3H3,(H,24,27)/t19-/m1/s1. The van der Waals surface area contributed by atoms with Crippen molar-refractivity contribution in [2.45, 2.75) is 39.8 Å². The molecule has 0 aromatic heterocycles. The Labute approximate surface area is 165 Å². The Balaban J connectivity index is 2.19. The summed E-state index contributed by atoms with van der Waals surface area (Å²) in [6.45, 7) is 6.08. The SMILES string of the molecule is CCNC(=O)[C@@H](CC)N(Cc1ccc(C)cc1)C(=O)COc1ccccc1F. The first kappa shape index (κ1) is 21.4. The van der Waals surface area contributed by atoms with Gasteiger partial charge in [-0.05, 0) is 38.0 Å². The summed E-state index contributed by atoms with van der Waals surface area (Å²) in [5.74, 6) is -1.10. The third-order valence-electron chi connectivity index (χ3n) is 4.40. The van der Waals surface area contributed by atoms with Gasteiger partial charge in [-0.15, -0.1) is 0 Å². The first-order valence-electron chi connectivity index (χ1n) is 9.46. The molecule has 2 aromatic carbocycles. The van der Waals surface area contributed by atoms with E-state index in [1.807, 2.05) is 45.0 Å². The van der Waals surface area contributed by atoms with Crippen LogP contribution in [0.25, 0.3) is 0 Å². The zero-order valence-electron chi connectivity index (χ0n) is 16.6. The van der Waals surface area contributed by atoms with Gasteiger partial charge in [0.05, 0.1) is 0 Å². The number of para-hydroxylation sites is 1. The first-order valence-corrected chi connectivity index (χ1v) is 9.46. The van der Waals surface area contributed by atoms with Gasteiger partial charge in [0.2, 0.25) is 5.91 Å². The molecular formula is C22H27FN2O3. The van der Waals surface area contributed by atoms with Gasteiger partial charge in [-0.1, -0.05) is 48.9 Å². The molecule has 0 radical (unpaired) electrons. The summed E-state index contributed by atoms with van der Waals surface area (Å²) >= 11 is 0. The Hall–Kier alpha value is -2.89. The van der Waals surface area contributed by atoms with E-state index in [1.165, 1.54) is 17.0 Å². The third-order valence-corrected chi connectivity index (χ3v) is 4.40. The van der Waals surface area contributed by atoms with Crippen molar-refractivity contribution in [2.24, 2.45) is 0 Å². The highest BCUT2D eigenvalue weighted by Crippen LogP contribution is 2.17. The van der Waals surface area contributed by atoms with E-state index in [-0.39, 0.29) is 30.7 Å². The Morgan fingerprint density at radius 3 is 2.39 bits per heavy atom. The van der Waals surface area contributed by atoms with E-state index in [9.17, 15) is 14.0 Å². The molecule has 0 saturated heterocycles. The van der Waals surface area contributed by atoms with E-state index >= 15 is 0 Å². The molecule has 1 N–H and O–H groups in total. The van der Waals surface area contributed by atoms with Crippen LogP contribution in [0.15, 0.2) is 48.5 Å². The average molecular weight is 386 g/mol. The summed E-state index contributed by atoms with van der Waals surface area (Å²) in [6, 6.07) is 13.1. The van der Waals surface area contributed by atoms with Gasteiger partial charge in [-0.2, -0.15) is 0 Å². The maximum absolute atomic E-state index is 13.8. The molecule has 0 unspecified atom stereocenters. The number of carbonyl (C=O) groups is 2. The number of benzene rings is 2. The summed E-state index contributed by atoms with van der Waals surface area (Å²) in [5, 5.41) is 2.78. The Morgan fingerprint density at radius 2 is 1.79 bits per heavy atom. The Kier molecular flexibility index (Phi) is 7.99. The first-order chi connectivity index (χ1) is 13.5.